The highest BCUT2D eigenvalue weighted by atomic mass is 19.1. The highest BCUT2D eigenvalue weighted by molar-refractivity contribution is 5.48. The van der Waals surface area contributed by atoms with Gasteiger partial charge in [0.25, 0.3) is 0 Å². The molecule has 20 heavy (non-hydrogen) atoms. The van der Waals surface area contributed by atoms with Gasteiger partial charge in [0.2, 0.25) is 0 Å². The van der Waals surface area contributed by atoms with Crippen molar-refractivity contribution in [1.82, 2.24) is 0 Å². The minimum atomic E-state index is -0.519. The second-order valence-electron chi connectivity index (χ2n) is 6.24. The summed E-state index contributed by atoms with van der Waals surface area (Å²) in [5.74, 6) is -0.983. The molecular weight excluding hydrogens is 256 g/mol. The normalized spacial score (nSPS) is 11.7. The van der Waals surface area contributed by atoms with Gasteiger partial charge in [-0.05, 0) is 30.4 Å². The molecule has 0 bridgehead atoms. The number of anilines is 1. The third-order valence-corrected chi connectivity index (χ3v) is 3.86. The summed E-state index contributed by atoms with van der Waals surface area (Å²) in [6, 6.07) is 3.87. The smallest absolute Gasteiger partial charge is 0.149 e. The lowest BCUT2D eigenvalue weighted by molar-refractivity contribution is 0.349. The summed E-state index contributed by atoms with van der Waals surface area (Å²) in [6.07, 6.45) is 4.33. The lowest BCUT2D eigenvalue weighted by atomic mass is 9.89. The van der Waals surface area contributed by atoms with Crippen molar-refractivity contribution in [3.63, 3.8) is 0 Å². The summed E-state index contributed by atoms with van der Waals surface area (Å²) in [5.41, 5.74) is 0.636. The molecule has 0 aliphatic carbocycles. The number of unbranched alkanes of at least 4 members (excludes halogenated alkanes) is 2. The van der Waals surface area contributed by atoms with Crippen molar-refractivity contribution in [3.8, 4) is 0 Å². The Morgan fingerprint density at radius 3 is 2.35 bits per heavy atom. The quantitative estimate of drug-likeness (QED) is 0.577. The van der Waals surface area contributed by atoms with E-state index in [-0.39, 0.29) is 5.41 Å². The Kier molecular flexibility index (Phi) is 6.44. The number of hydrogen-bond donors (Lipinski definition) is 0. The highest BCUT2D eigenvalue weighted by Gasteiger charge is 2.21. The highest BCUT2D eigenvalue weighted by Crippen LogP contribution is 2.27. The van der Waals surface area contributed by atoms with Crippen LogP contribution in [0.5, 0.6) is 0 Å². The van der Waals surface area contributed by atoms with Crippen LogP contribution in [0.4, 0.5) is 14.5 Å². The minimum Gasteiger partial charge on any atom is -0.369 e. The molecular formula is C17H27F2N. The van der Waals surface area contributed by atoms with Crippen molar-refractivity contribution >= 4 is 5.69 Å². The zero-order valence-corrected chi connectivity index (χ0v) is 13.2. The van der Waals surface area contributed by atoms with Crippen LogP contribution in [0.2, 0.25) is 0 Å². The first-order valence-electron chi connectivity index (χ1n) is 7.59. The molecule has 1 nitrogen and oxygen atoms in total. The molecule has 0 atom stereocenters. The molecule has 0 aliphatic rings. The molecule has 0 aromatic heterocycles. The van der Waals surface area contributed by atoms with Crippen molar-refractivity contribution in [1.29, 1.82) is 0 Å². The number of hydrogen-bond acceptors (Lipinski definition) is 1. The van der Waals surface area contributed by atoms with Crippen LogP contribution >= 0.6 is 0 Å². The zero-order valence-electron chi connectivity index (χ0n) is 13.2. The van der Waals surface area contributed by atoms with E-state index in [1.165, 1.54) is 6.07 Å². The molecule has 1 aromatic carbocycles. The summed E-state index contributed by atoms with van der Waals surface area (Å²) in [7, 11) is 0. The van der Waals surface area contributed by atoms with Crippen LogP contribution in [0.3, 0.4) is 0 Å². The van der Waals surface area contributed by atoms with Crippen LogP contribution in [0.15, 0.2) is 18.2 Å². The van der Waals surface area contributed by atoms with Gasteiger partial charge in [-0.3, -0.25) is 0 Å². The van der Waals surface area contributed by atoms with Crippen LogP contribution in [-0.2, 0) is 0 Å². The first-order valence-corrected chi connectivity index (χ1v) is 7.59. The summed E-state index contributed by atoms with van der Waals surface area (Å²) in [5, 5.41) is 0. The Bertz CT molecular complexity index is 415. The van der Waals surface area contributed by atoms with Crippen molar-refractivity contribution in [3.05, 3.63) is 29.8 Å². The van der Waals surface area contributed by atoms with Gasteiger partial charge in [0.1, 0.15) is 11.6 Å². The van der Waals surface area contributed by atoms with Gasteiger partial charge in [0.15, 0.2) is 0 Å². The van der Waals surface area contributed by atoms with Crippen molar-refractivity contribution < 1.29 is 8.78 Å². The number of halogens is 2. The second-order valence-corrected chi connectivity index (χ2v) is 6.24. The molecule has 1 aromatic rings. The van der Waals surface area contributed by atoms with Gasteiger partial charge >= 0.3 is 0 Å². The Balaban J connectivity index is 2.90. The molecule has 1 rings (SSSR count). The predicted molar refractivity (Wildman–Crippen MR) is 82.2 cm³/mol. The maximum atomic E-state index is 14.0. The molecule has 0 radical (unpaired) electrons. The largest absolute Gasteiger partial charge is 0.369 e. The standard InChI is InChI=1S/C17H27F2N/c1-5-7-8-11-20(13-17(3,4)6-2)16-10-9-14(18)12-15(16)19/h9-10,12H,5-8,11,13H2,1-4H3. The van der Waals surface area contributed by atoms with Gasteiger partial charge in [-0.15, -0.1) is 0 Å². The lowest BCUT2D eigenvalue weighted by Gasteiger charge is -2.34. The third kappa shape index (κ3) is 5.10. The lowest BCUT2D eigenvalue weighted by Crippen LogP contribution is -2.35. The first kappa shape index (κ1) is 16.9. The van der Waals surface area contributed by atoms with E-state index < -0.39 is 11.6 Å². The first-order chi connectivity index (χ1) is 9.39. The van der Waals surface area contributed by atoms with Crippen LogP contribution in [0.25, 0.3) is 0 Å². The van der Waals surface area contributed by atoms with Crippen LogP contribution in [0, 0.1) is 17.0 Å². The molecule has 0 saturated heterocycles. The molecule has 0 fully saturated rings. The molecule has 0 unspecified atom stereocenters. The predicted octanol–water partition coefficient (Wildman–Crippen LogP) is 5.40. The summed E-state index contributed by atoms with van der Waals surface area (Å²) >= 11 is 0. The van der Waals surface area contributed by atoms with Gasteiger partial charge in [-0.2, -0.15) is 0 Å². The Morgan fingerprint density at radius 1 is 1.10 bits per heavy atom. The summed E-state index contributed by atoms with van der Waals surface area (Å²) in [6.45, 7) is 10.3. The van der Waals surface area contributed by atoms with Gasteiger partial charge in [0.05, 0.1) is 5.69 Å². The van der Waals surface area contributed by atoms with E-state index in [4.69, 9.17) is 0 Å². The average Bonchev–Trinajstić information content (AvgIpc) is 2.38. The molecule has 114 valence electrons. The fraction of sp³-hybridized carbons (Fsp3) is 0.647. The maximum absolute atomic E-state index is 14.0. The number of rotatable bonds is 8. The monoisotopic (exact) mass is 283 g/mol. The molecule has 0 spiro atoms. The van der Waals surface area contributed by atoms with E-state index in [1.807, 2.05) is 0 Å². The van der Waals surface area contributed by atoms with E-state index in [9.17, 15) is 8.78 Å². The second kappa shape index (κ2) is 7.61. The Hall–Kier alpha value is -1.12. The van der Waals surface area contributed by atoms with Crippen LogP contribution in [-0.4, -0.2) is 13.1 Å². The SMILES string of the molecule is CCCCCN(CC(C)(C)CC)c1ccc(F)cc1F. The fourth-order valence-corrected chi connectivity index (χ4v) is 2.20. The summed E-state index contributed by atoms with van der Waals surface area (Å²) in [4.78, 5) is 2.06. The molecule has 0 N–H and O–H groups in total. The molecule has 0 saturated carbocycles. The van der Waals surface area contributed by atoms with Gasteiger partial charge in [0, 0.05) is 19.2 Å². The van der Waals surface area contributed by atoms with Crippen molar-refractivity contribution in [2.45, 2.75) is 53.4 Å². The average molecular weight is 283 g/mol. The van der Waals surface area contributed by atoms with Gasteiger partial charge in [-0.25, -0.2) is 8.78 Å². The topological polar surface area (TPSA) is 3.24 Å². The zero-order chi connectivity index (χ0) is 15.2. The minimum absolute atomic E-state index is 0.118. The van der Waals surface area contributed by atoms with E-state index in [0.717, 1.165) is 44.8 Å². The molecule has 0 amide bonds. The summed E-state index contributed by atoms with van der Waals surface area (Å²) < 4.78 is 27.1. The third-order valence-electron chi connectivity index (χ3n) is 3.86. The van der Waals surface area contributed by atoms with Gasteiger partial charge < -0.3 is 4.90 Å². The van der Waals surface area contributed by atoms with E-state index >= 15 is 0 Å². The fourth-order valence-electron chi connectivity index (χ4n) is 2.20. The van der Waals surface area contributed by atoms with E-state index in [2.05, 4.69) is 32.6 Å². The van der Waals surface area contributed by atoms with E-state index in [1.54, 1.807) is 6.07 Å². The Morgan fingerprint density at radius 2 is 1.80 bits per heavy atom. The maximum Gasteiger partial charge on any atom is 0.149 e. The van der Waals surface area contributed by atoms with E-state index in [0.29, 0.717) is 5.69 Å². The Labute approximate surface area is 122 Å². The van der Waals surface area contributed by atoms with Crippen LogP contribution < -0.4 is 4.90 Å². The van der Waals surface area contributed by atoms with Crippen molar-refractivity contribution in [2.24, 2.45) is 5.41 Å². The van der Waals surface area contributed by atoms with Crippen LogP contribution in [0.1, 0.15) is 53.4 Å². The number of nitrogens with zero attached hydrogens (tertiary/aromatic N) is 1. The van der Waals surface area contributed by atoms with Crippen molar-refractivity contribution in [2.75, 3.05) is 18.0 Å². The molecule has 3 heteroatoms. The number of benzene rings is 1. The molecule has 0 aliphatic heterocycles. The molecule has 0 heterocycles. The van der Waals surface area contributed by atoms with Gasteiger partial charge in [-0.1, -0.05) is 40.5 Å².